The molecule has 0 aromatic heterocycles. The van der Waals surface area contributed by atoms with Crippen molar-refractivity contribution in [1.29, 1.82) is 0 Å². The van der Waals surface area contributed by atoms with Crippen molar-refractivity contribution >= 4 is 33.5 Å². The third-order valence-corrected chi connectivity index (χ3v) is 3.58. The van der Waals surface area contributed by atoms with Crippen LogP contribution in [0, 0.1) is 6.92 Å². The van der Waals surface area contributed by atoms with Gasteiger partial charge >= 0.3 is 5.97 Å². The fourth-order valence-electron chi connectivity index (χ4n) is 1.11. The Labute approximate surface area is 96.3 Å². The Hall–Kier alpha value is -0.540. The molecule has 14 heavy (non-hydrogen) atoms. The molecule has 0 amide bonds. The lowest BCUT2D eigenvalue weighted by Gasteiger charge is -2.07. The van der Waals surface area contributed by atoms with Crippen molar-refractivity contribution in [3.05, 3.63) is 32.8 Å². The quantitative estimate of drug-likeness (QED) is 0.776. The average Bonchev–Trinajstić information content (AvgIpc) is 2.19. The van der Waals surface area contributed by atoms with Gasteiger partial charge in [0.1, 0.15) is 0 Å². The molecule has 0 saturated heterocycles. The van der Waals surface area contributed by atoms with Crippen molar-refractivity contribution in [3.8, 4) is 0 Å². The van der Waals surface area contributed by atoms with Crippen molar-refractivity contribution in [2.45, 2.75) is 13.3 Å². The number of hydrogen-bond donors (Lipinski definition) is 0. The molecule has 1 aromatic carbocycles. The molecule has 0 saturated carbocycles. The topological polar surface area (TPSA) is 26.3 Å². The summed E-state index contributed by atoms with van der Waals surface area (Å²) in [5.41, 5.74) is 1.90. The highest BCUT2D eigenvalue weighted by Crippen LogP contribution is 2.28. The smallest absolute Gasteiger partial charge is 0.309 e. The molecular weight excluding hydrogens is 267 g/mol. The van der Waals surface area contributed by atoms with E-state index in [0.29, 0.717) is 5.02 Å². The molecule has 1 rings (SSSR count). The zero-order valence-corrected chi connectivity index (χ0v) is 10.3. The van der Waals surface area contributed by atoms with Gasteiger partial charge in [0.05, 0.1) is 18.6 Å². The van der Waals surface area contributed by atoms with Crippen molar-refractivity contribution in [2.75, 3.05) is 7.11 Å². The van der Waals surface area contributed by atoms with E-state index in [1.54, 1.807) is 6.07 Å². The standard InChI is InChI=1S/C10H10BrClO2/c1-6-7(5-9(13)14-2)3-4-8(12)10(6)11/h3-4H,5H2,1-2H3. The lowest BCUT2D eigenvalue weighted by atomic mass is 10.1. The Bertz CT molecular complexity index is 363. The van der Waals surface area contributed by atoms with E-state index >= 15 is 0 Å². The molecule has 0 radical (unpaired) electrons. The normalized spacial score (nSPS) is 10.0. The number of carbonyl (C=O) groups excluding carboxylic acids is 1. The van der Waals surface area contributed by atoms with Crippen LogP contribution in [0.1, 0.15) is 11.1 Å². The van der Waals surface area contributed by atoms with E-state index in [1.807, 2.05) is 13.0 Å². The Morgan fingerprint density at radius 2 is 2.21 bits per heavy atom. The van der Waals surface area contributed by atoms with Gasteiger partial charge in [0, 0.05) is 4.47 Å². The molecule has 0 aliphatic carbocycles. The van der Waals surface area contributed by atoms with Crippen LogP contribution in [-0.2, 0) is 16.0 Å². The second kappa shape index (κ2) is 4.80. The first-order valence-corrected chi connectivity index (χ1v) is 5.23. The predicted molar refractivity (Wildman–Crippen MR) is 59.6 cm³/mol. The molecule has 0 unspecified atom stereocenters. The molecule has 0 fully saturated rings. The minimum Gasteiger partial charge on any atom is -0.469 e. The highest BCUT2D eigenvalue weighted by atomic mass is 79.9. The number of halogens is 2. The first-order chi connectivity index (χ1) is 6.56. The van der Waals surface area contributed by atoms with Crippen molar-refractivity contribution < 1.29 is 9.53 Å². The van der Waals surface area contributed by atoms with Crippen molar-refractivity contribution in [3.63, 3.8) is 0 Å². The molecule has 1 aromatic rings. The monoisotopic (exact) mass is 276 g/mol. The number of esters is 1. The van der Waals surface area contributed by atoms with Gasteiger partial charge in [-0.1, -0.05) is 17.7 Å². The van der Waals surface area contributed by atoms with Crippen LogP contribution in [0.2, 0.25) is 5.02 Å². The third-order valence-electron chi connectivity index (χ3n) is 2.01. The minimum atomic E-state index is -0.248. The second-order valence-electron chi connectivity index (χ2n) is 2.90. The minimum absolute atomic E-state index is 0.248. The van der Waals surface area contributed by atoms with Gasteiger partial charge in [0.25, 0.3) is 0 Å². The van der Waals surface area contributed by atoms with E-state index in [0.717, 1.165) is 15.6 Å². The largest absolute Gasteiger partial charge is 0.469 e. The van der Waals surface area contributed by atoms with Crippen LogP contribution < -0.4 is 0 Å². The van der Waals surface area contributed by atoms with Gasteiger partial charge < -0.3 is 4.74 Å². The summed E-state index contributed by atoms with van der Waals surface area (Å²) in [5.74, 6) is -0.248. The summed E-state index contributed by atoms with van der Waals surface area (Å²) >= 11 is 9.25. The zero-order chi connectivity index (χ0) is 10.7. The maximum atomic E-state index is 11.1. The van der Waals surface area contributed by atoms with Crippen LogP contribution in [0.25, 0.3) is 0 Å². The predicted octanol–water partition coefficient (Wildman–Crippen LogP) is 3.13. The molecule has 76 valence electrons. The average molecular weight is 278 g/mol. The maximum absolute atomic E-state index is 11.1. The van der Waals surface area contributed by atoms with Gasteiger partial charge in [-0.25, -0.2) is 0 Å². The number of methoxy groups -OCH3 is 1. The Morgan fingerprint density at radius 1 is 1.57 bits per heavy atom. The fraction of sp³-hybridized carbons (Fsp3) is 0.300. The Morgan fingerprint density at radius 3 is 2.79 bits per heavy atom. The zero-order valence-electron chi connectivity index (χ0n) is 7.93. The molecule has 0 aliphatic heterocycles. The summed E-state index contributed by atoms with van der Waals surface area (Å²) < 4.78 is 5.43. The summed E-state index contributed by atoms with van der Waals surface area (Å²) in [6.45, 7) is 1.91. The Kier molecular flexibility index (Phi) is 3.96. The van der Waals surface area contributed by atoms with Gasteiger partial charge in [-0.2, -0.15) is 0 Å². The molecule has 4 heteroatoms. The third kappa shape index (κ3) is 2.49. The highest BCUT2D eigenvalue weighted by Gasteiger charge is 2.09. The number of benzene rings is 1. The number of carbonyl (C=O) groups is 1. The van der Waals surface area contributed by atoms with Crippen LogP contribution in [0.15, 0.2) is 16.6 Å². The van der Waals surface area contributed by atoms with E-state index < -0.39 is 0 Å². The molecule has 0 spiro atoms. The van der Waals surface area contributed by atoms with Gasteiger partial charge in [0.15, 0.2) is 0 Å². The Balaban J connectivity index is 3.00. The number of ether oxygens (including phenoxy) is 1. The fourth-order valence-corrected chi connectivity index (χ4v) is 1.70. The molecule has 0 aliphatic rings. The first-order valence-electron chi connectivity index (χ1n) is 4.06. The van der Waals surface area contributed by atoms with E-state index in [-0.39, 0.29) is 12.4 Å². The first kappa shape index (κ1) is 11.5. The molecule has 0 atom stereocenters. The SMILES string of the molecule is COC(=O)Cc1ccc(Cl)c(Br)c1C. The van der Waals surface area contributed by atoms with E-state index in [9.17, 15) is 4.79 Å². The summed E-state index contributed by atoms with van der Waals surface area (Å²) in [7, 11) is 1.38. The van der Waals surface area contributed by atoms with Crippen molar-refractivity contribution in [2.24, 2.45) is 0 Å². The van der Waals surface area contributed by atoms with E-state index in [4.69, 9.17) is 11.6 Å². The molecule has 2 nitrogen and oxygen atoms in total. The van der Waals surface area contributed by atoms with Crippen LogP contribution >= 0.6 is 27.5 Å². The van der Waals surface area contributed by atoms with Gasteiger partial charge in [-0.05, 0) is 40.0 Å². The maximum Gasteiger partial charge on any atom is 0.309 e. The summed E-state index contributed by atoms with van der Waals surface area (Å²) in [6, 6.07) is 3.59. The van der Waals surface area contributed by atoms with Gasteiger partial charge in [-0.15, -0.1) is 0 Å². The second-order valence-corrected chi connectivity index (χ2v) is 4.10. The van der Waals surface area contributed by atoms with Crippen molar-refractivity contribution in [1.82, 2.24) is 0 Å². The number of hydrogen-bond acceptors (Lipinski definition) is 2. The van der Waals surface area contributed by atoms with E-state index in [1.165, 1.54) is 7.11 Å². The molecule has 0 heterocycles. The van der Waals surface area contributed by atoms with Gasteiger partial charge in [-0.3, -0.25) is 4.79 Å². The van der Waals surface area contributed by atoms with Gasteiger partial charge in [0.2, 0.25) is 0 Å². The summed E-state index contributed by atoms with van der Waals surface area (Å²) in [5, 5.41) is 0.649. The van der Waals surface area contributed by atoms with Crippen LogP contribution in [0.5, 0.6) is 0 Å². The molecular formula is C10H10BrClO2. The van der Waals surface area contributed by atoms with Crippen LogP contribution in [-0.4, -0.2) is 13.1 Å². The lowest BCUT2D eigenvalue weighted by molar-refractivity contribution is -0.139. The van der Waals surface area contributed by atoms with E-state index in [2.05, 4.69) is 20.7 Å². The summed E-state index contributed by atoms with van der Waals surface area (Å²) in [6.07, 6.45) is 0.276. The molecule has 0 bridgehead atoms. The lowest BCUT2D eigenvalue weighted by Crippen LogP contribution is -2.06. The summed E-state index contributed by atoms with van der Waals surface area (Å²) in [4.78, 5) is 11.1. The van der Waals surface area contributed by atoms with Crippen LogP contribution in [0.3, 0.4) is 0 Å². The number of rotatable bonds is 2. The van der Waals surface area contributed by atoms with Crippen LogP contribution in [0.4, 0.5) is 0 Å². The molecule has 0 N–H and O–H groups in total. The highest BCUT2D eigenvalue weighted by molar-refractivity contribution is 9.10.